The van der Waals surface area contributed by atoms with E-state index in [1.54, 1.807) is 68.5 Å². The number of benzene rings is 2. The van der Waals surface area contributed by atoms with Crippen LogP contribution in [-0.2, 0) is 35.6 Å². The number of nitrogens with zero attached hydrogens (tertiary/aromatic N) is 3. The zero-order valence-electron chi connectivity index (χ0n) is 20.1. The van der Waals surface area contributed by atoms with Crippen LogP contribution in [0.5, 0.6) is 0 Å². The molecule has 1 amide bonds. The fourth-order valence-corrected chi connectivity index (χ4v) is 4.39. The Morgan fingerprint density at radius 2 is 1.53 bits per heavy atom. The molecule has 186 valence electrons. The molecule has 0 aromatic heterocycles. The summed E-state index contributed by atoms with van der Waals surface area (Å²) in [5.74, 6) is -2.61. The molecule has 0 saturated carbocycles. The number of ether oxygens (including phenoxy) is 2. The fourth-order valence-electron chi connectivity index (χ4n) is 3.05. The molecule has 2 aromatic rings. The van der Waals surface area contributed by atoms with Crippen LogP contribution in [0.15, 0.2) is 82.5 Å². The Morgan fingerprint density at radius 1 is 0.944 bits per heavy atom. The summed E-state index contributed by atoms with van der Waals surface area (Å²) in [6, 6.07) is 17.6. The molecule has 0 fully saturated rings. The van der Waals surface area contributed by atoms with Gasteiger partial charge >= 0.3 is 5.97 Å². The Hall–Kier alpha value is -4.41. The molecule has 0 atom stereocenters. The molecular weight excluding hydrogens is 482 g/mol. The van der Waals surface area contributed by atoms with Crippen molar-refractivity contribution in [3.8, 4) is 12.1 Å². The molecule has 10 heteroatoms. The Labute approximate surface area is 210 Å². The summed E-state index contributed by atoms with van der Waals surface area (Å²) in [4.78, 5) is 26.1. The molecule has 0 heterocycles. The van der Waals surface area contributed by atoms with Gasteiger partial charge in [-0.05, 0) is 38.5 Å². The van der Waals surface area contributed by atoms with Crippen LogP contribution in [0.4, 0.5) is 0 Å². The molecule has 0 spiro atoms. The highest BCUT2D eigenvalue weighted by Crippen LogP contribution is 2.23. The molecule has 9 nitrogen and oxygen atoms in total. The molecule has 0 saturated heterocycles. The van der Waals surface area contributed by atoms with Crippen LogP contribution < -0.4 is 0 Å². The Bertz CT molecular complexity index is 1330. The van der Waals surface area contributed by atoms with Gasteiger partial charge in [-0.1, -0.05) is 48.0 Å². The molecule has 0 N–H and O–H groups in total. The number of carbonyl (C=O) groups is 2. The minimum atomic E-state index is -4.37. The van der Waals surface area contributed by atoms with Gasteiger partial charge in [0.25, 0.3) is 15.9 Å². The minimum absolute atomic E-state index is 0.0392. The first-order valence-electron chi connectivity index (χ1n) is 10.9. The number of hydrogen-bond acceptors (Lipinski definition) is 8. The molecule has 0 aliphatic rings. The first kappa shape index (κ1) is 27.8. The lowest BCUT2D eigenvalue weighted by Crippen LogP contribution is -2.36. The first-order valence-corrected chi connectivity index (χ1v) is 12.4. The number of sulfonamides is 1. The number of esters is 1. The maximum absolute atomic E-state index is 13.5. The Balaban J connectivity index is 2.72. The van der Waals surface area contributed by atoms with Gasteiger partial charge in [0.15, 0.2) is 11.3 Å². The van der Waals surface area contributed by atoms with E-state index in [4.69, 9.17) is 9.47 Å². The zero-order valence-corrected chi connectivity index (χ0v) is 20.9. The summed E-state index contributed by atoms with van der Waals surface area (Å²) >= 11 is 0. The minimum Gasteiger partial charge on any atom is -0.491 e. The monoisotopic (exact) mass is 507 g/mol. The second-order valence-electron chi connectivity index (χ2n) is 7.29. The van der Waals surface area contributed by atoms with E-state index in [0.717, 1.165) is 5.56 Å². The van der Waals surface area contributed by atoms with Crippen molar-refractivity contribution in [3.05, 3.63) is 88.7 Å². The standard InChI is InChI=1S/C26H25N3O6S/c1-4-34-25(21(16-27)17-28)23(26(31)35-5-2)15-24(30)29(18-20-9-7-6-8-10-20)36(32,33)22-13-11-19(3)12-14-22/h6-15H,4-5,18H2,1-3H3/b23-15+. The van der Waals surface area contributed by atoms with Crippen molar-refractivity contribution in [2.24, 2.45) is 0 Å². The molecule has 0 aliphatic carbocycles. The molecule has 2 rings (SSSR count). The summed E-state index contributed by atoms with van der Waals surface area (Å²) in [7, 11) is -4.37. The summed E-state index contributed by atoms with van der Waals surface area (Å²) in [6.07, 6.45) is 0.715. The second-order valence-corrected chi connectivity index (χ2v) is 9.15. The molecule has 0 aliphatic heterocycles. The average Bonchev–Trinajstić information content (AvgIpc) is 2.87. The highest BCUT2D eigenvalue weighted by atomic mass is 32.2. The van der Waals surface area contributed by atoms with Crippen molar-refractivity contribution in [1.82, 2.24) is 4.31 Å². The van der Waals surface area contributed by atoms with Gasteiger partial charge < -0.3 is 9.47 Å². The first-order chi connectivity index (χ1) is 17.2. The summed E-state index contributed by atoms with van der Waals surface area (Å²) in [5.41, 5.74) is 0.230. The molecular formula is C26H25N3O6S. The van der Waals surface area contributed by atoms with E-state index in [1.165, 1.54) is 19.1 Å². The van der Waals surface area contributed by atoms with Crippen molar-refractivity contribution in [3.63, 3.8) is 0 Å². The van der Waals surface area contributed by atoms with Gasteiger partial charge in [0.1, 0.15) is 17.7 Å². The summed E-state index contributed by atoms with van der Waals surface area (Å²) in [5, 5.41) is 18.7. The molecule has 0 bridgehead atoms. The molecule has 0 radical (unpaired) electrons. The van der Waals surface area contributed by atoms with Crippen LogP contribution in [0.25, 0.3) is 0 Å². The van der Waals surface area contributed by atoms with Gasteiger partial charge in [0.2, 0.25) is 0 Å². The van der Waals surface area contributed by atoms with Gasteiger partial charge in [-0.2, -0.15) is 10.5 Å². The Kier molecular flexibility index (Phi) is 9.96. The van der Waals surface area contributed by atoms with Crippen molar-refractivity contribution in [2.75, 3.05) is 13.2 Å². The van der Waals surface area contributed by atoms with Gasteiger partial charge in [0.05, 0.1) is 24.7 Å². The maximum atomic E-state index is 13.5. The third kappa shape index (κ3) is 6.81. The Morgan fingerprint density at radius 3 is 2.06 bits per heavy atom. The van der Waals surface area contributed by atoms with Crippen LogP contribution in [0.3, 0.4) is 0 Å². The van der Waals surface area contributed by atoms with Crippen molar-refractivity contribution in [2.45, 2.75) is 32.2 Å². The highest BCUT2D eigenvalue weighted by molar-refractivity contribution is 7.89. The van der Waals surface area contributed by atoms with Crippen molar-refractivity contribution >= 4 is 21.9 Å². The lowest BCUT2D eigenvalue weighted by molar-refractivity contribution is -0.139. The van der Waals surface area contributed by atoms with Crippen LogP contribution in [0.2, 0.25) is 0 Å². The predicted molar refractivity (Wildman–Crippen MR) is 130 cm³/mol. The van der Waals surface area contributed by atoms with E-state index in [1.807, 2.05) is 0 Å². The van der Waals surface area contributed by atoms with E-state index < -0.39 is 38.8 Å². The average molecular weight is 508 g/mol. The lowest BCUT2D eigenvalue weighted by Gasteiger charge is -2.22. The van der Waals surface area contributed by atoms with Crippen LogP contribution in [-0.4, -0.2) is 37.8 Å². The number of aryl methyl sites for hydroxylation is 1. The maximum Gasteiger partial charge on any atom is 0.342 e. The van der Waals surface area contributed by atoms with Crippen molar-refractivity contribution < 1.29 is 27.5 Å². The van der Waals surface area contributed by atoms with Gasteiger partial charge in [0, 0.05) is 6.08 Å². The normalized spacial score (nSPS) is 11.0. The van der Waals surface area contributed by atoms with E-state index in [0.29, 0.717) is 15.9 Å². The van der Waals surface area contributed by atoms with Crippen LogP contribution in [0, 0.1) is 29.6 Å². The van der Waals surface area contributed by atoms with Gasteiger partial charge in [-0.15, -0.1) is 0 Å². The van der Waals surface area contributed by atoms with E-state index in [-0.39, 0.29) is 24.7 Å². The molecule has 2 aromatic carbocycles. The van der Waals surface area contributed by atoms with E-state index in [9.17, 15) is 28.5 Å². The number of nitriles is 2. The number of rotatable bonds is 10. The van der Waals surface area contributed by atoms with Crippen molar-refractivity contribution in [1.29, 1.82) is 10.5 Å². The second kappa shape index (κ2) is 12.9. The van der Waals surface area contributed by atoms with E-state index >= 15 is 0 Å². The largest absolute Gasteiger partial charge is 0.491 e. The van der Waals surface area contributed by atoms with Gasteiger partial charge in [-0.25, -0.2) is 17.5 Å². The number of carbonyl (C=O) groups excluding carboxylic acids is 2. The predicted octanol–water partition coefficient (Wildman–Crippen LogP) is 3.54. The summed E-state index contributed by atoms with van der Waals surface area (Å²) < 4.78 is 38.0. The number of allylic oxidation sites excluding steroid dienone is 1. The lowest BCUT2D eigenvalue weighted by atomic mass is 10.1. The smallest absolute Gasteiger partial charge is 0.342 e. The number of hydrogen-bond donors (Lipinski definition) is 0. The third-order valence-electron chi connectivity index (χ3n) is 4.77. The summed E-state index contributed by atoms with van der Waals surface area (Å²) in [6.45, 7) is 4.43. The topological polar surface area (TPSA) is 138 Å². The van der Waals surface area contributed by atoms with Gasteiger partial charge in [-0.3, -0.25) is 4.79 Å². The zero-order chi connectivity index (χ0) is 26.7. The SMILES string of the molecule is CCOC(=O)/C(=C/C(=O)N(Cc1ccccc1)S(=O)(=O)c1ccc(C)cc1)C(OCC)=C(C#N)C#N. The molecule has 36 heavy (non-hydrogen) atoms. The quantitative estimate of drug-likeness (QED) is 0.156. The molecule has 0 unspecified atom stereocenters. The third-order valence-corrected chi connectivity index (χ3v) is 6.53. The fraction of sp³-hybridized carbons (Fsp3) is 0.231. The van der Waals surface area contributed by atoms with Crippen LogP contribution in [0.1, 0.15) is 25.0 Å². The van der Waals surface area contributed by atoms with Crippen LogP contribution >= 0.6 is 0 Å². The van der Waals surface area contributed by atoms with E-state index in [2.05, 4.69) is 0 Å². The highest BCUT2D eigenvalue weighted by Gasteiger charge is 2.31. The number of amides is 1.